The zero-order valence-corrected chi connectivity index (χ0v) is 19.7. The monoisotopic (exact) mass is 448 g/mol. The predicted molar refractivity (Wildman–Crippen MR) is 125 cm³/mol. The molecule has 1 aliphatic heterocycles. The molecule has 2 N–H and O–H groups in total. The van der Waals surface area contributed by atoms with Crippen molar-refractivity contribution in [3.63, 3.8) is 0 Å². The smallest absolute Gasteiger partial charge is 0.252 e. The summed E-state index contributed by atoms with van der Waals surface area (Å²) in [5.74, 6) is 0.702. The Morgan fingerprint density at radius 3 is 2.43 bits per heavy atom. The quantitative estimate of drug-likeness (QED) is 0.502. The van der Waals surface area contributed by atoms with Gasteiger partial charge in [-0.2, -0.15) is 4.31 Å². The van der Waals surface area contributed by atoms with Crippen molar-refractivity contribution in [3.05, 3.63) is 52.9 Å². The molecule has 0 atom stereocenters. The summed E-state index contributed by atoms with van der Waals surface area (Å²) in [6, 6.07) is 14.0. The standard InChI is InChI=1S/C22H32N4O2S2/c1-22(2,18-10-6-4-7-11-18)17-25-21(23-3)24-16-19-12-13-20(29-19)30(27,28)26-14-8-5-9-15-26/h4,6-7,10-13H,5,8-9,14-17H2,1-3H3,(H2,23,24,25). The van der Waals surface area contributed by atoms with Gasteiger partial charge in [0.15, 0.2) is 5.96 Å². The van der Waals surface area contributed by atoms with E-state index in [-0.39, 0.29) is 5.41 Å². The van der Waals surface area contributed by atoms with Crippen LogP contribution in [-0.4, -0.2) is 45.4 Å². The fourth-order valence-electron chi connectivity index (χ4n) is 3.51. The van der Waals surface area contributed by atoms with Gasteiger partial charge in [-0.1, -0.05) is 50.6 Å². The van der Waals surface area contributed by atoms with Gasteiger partial charge in [0.1, 0.15) is 4.21 Å². The third-order valence-corrected chi connectivity index (χ3v) is 8.90. The van der Waals surface area contributed by atoms with Gasteiger partial charge < -0.3 is 10.6 Å². The fraction of sp³-hybridized carbons (Fsp3) is 0.500. The van der Waals surface area contributed by atoms with E-state index in [0.717, 1.165) is 30.7 Å². The van der Waals surface area contributed by atoms with E-state index in [4.69, 9.17) is 0 Å². The largest absolute Gasteiger partial charge is 0.356 e. The lowest BCUT2D eigenvalue weighted by Gasteiger charge is -2.26. The summed E-state index contributed by atoms with van der Waals surface area (Å²) >= 11 is 1.33. The number of hydrogen-bond donors (Lipinski definition) is 2. The number of hydrogen-bond acceptors (Lipinski definition) is 4. The minimum atomic E-state index is -3.37. The van der Waals surface area contributed by atoms with Crippen molar-refractivity contribution in [3.8, 4) is 0 Å². The minimum absolute atomic E-state index is 0.0441. The molecule has 2 aromatic rings. The molecule has 0 unspecified atom stereocenters. The molecule has 0 spiro atoms. The number of aliphatic imine (C=N–C) groups is 1. The van der Waals surface area contributed by atoms with E-state index in [1.165, 1.54) is 16.9 Å². The van der Waals surface area contributed by atoms with Crippen molar-refractivity contribution >= 4 is 27.3 Å². The molecule has 0 radical (unpaired) electrons. The molecule has 0 bridgehead atoms. The number of sulfonamides is 1. The van der Waals surface area contributed by atoms with Gasteiger partial charge in [-0.15, -0.1) is 11.3 Å². The maximum atomic E-state index is 12.8. The average Bonchev–Trinajstić information content (AvgIpc) is 3.25. The van der Waals surface area contributed by atoms with Crippen LogP contribution >= 0.6 is 11.3 Å². The topological polar surface area (TPSA) is 73.8 Å². The van der Waals surface area contributed by atoms with Crippen molar-refractivity contribution in [2.45, 2.75) is 49.3 Å². The van der Waals surface area contributed by atoms with Gasteiger partial charge in [0.2, 0.25) is 0 Å². The maximum absolute atomic E-state index is 12.8. The lowest BCUT2D eigenvalue weighted by molar-refractivity contribution is 0.347. The van der Waals surface area contributed by atoms with Crippen molar-refractivity contribution in [2.24, 2.45) is 4.99 Å². The Morgan fingerprint density at radius 1 is 1.07 bits per heavy atom. The summed E-state index contributed by atoms with van der Waals surface area (Å²) in [7, 11) is -1.63. The Kier molecular flexibility index (Phi) is 7.55. The Bertz CT molecular complexity index is 947. The highest BCUT2D eigenvalue weighted by molar-refractivity contribution is 7.91. The Balaban J connectivity index is 1.56. The van der Waals surface area contributed by atoms with Crippen molar-refractivity contribution in [1.82, 2.24) is 14.9 Å². The van der Waals surface area contributed by atoms with Crippen molar-refractivity contribution < 1.29 is 8.42 Å². The molecule has 1 aliphatic rings. The Labute approximate surface area is 184 Å². The van der Waals surface area contributed by atoms with Gasteiger partial charge in [-0.3, -0.25) is 4.99 Å². The molecular formula is C22H32N4O2S2. The zero-order chi connectivity index (χ0) is 21.6. The van der Waals surface area contributed by atoms with Crippen LogP contribution in [0.5, 0.6) is 0 Å². The second-order valence-electron chi connectivity index (χ2n) is 8.21. The van der Waals surface area contributed by atoms with E-state index in [1.807, 2.05) is 12.1 Å². The number of rotatable bonds is 7. The summed E-state index contributed by atoms with van der Waals surface area (Å²) in [6.07, 6.45) is 3.00. The third kappa shape index (κ3) is 5.62. The second-order valence-corrected chi connectivity index (χ2v) is 11.5. The minimum Gasteiger partial charge on any atom is -0.356 e. The first kappa shape index (κ1) is 22.8. The molecule has 1 aromatic heterocycles. The van der Waals surface area contributed by atoms with E-state index in [1.54, 1.807) is 17.4 Å². The summed E-state index contributed by atoms with van der Waals surface area (Å²) in [5.41, 5.74) is 1.22. The summed E-state index contributed by atoms with van der Waals surface area (Å²) in [5, 5.41) is 6.68. The van der Waals surface area contributed by atoms with Crippen LogP contribution in [-0.2, 0) is 22.0 Å². The highest BCUT2D eigenvalue weighted by Crippen LogP contribution is 2.27. The number of piperidine rings is 1. The third-order valence-electron chi connectivity index (χ3n) is 5.45. The Morgan fingerprint density at radius 2 is 1.77 bits per heavy atom. The molecule has 2 heterocycles. The molecule has 0 aliphatic carbocycles. The molecule has 6 nitrogen and oxygen atoms in total. The highest BCUT2D eigenvalue weighted by Gasteiger charge is 2.27. The Hall–Kier alpha value is -1.90. The van der Waals surface area contributed by atoms with Crippen LogP contribution < -0.4 is 10.6 Å². The van der Waals surface area contributed by atoms with E-state index in [0.29, 0.717) is 29.8 Å². The second kappa shape index (κ2) is 9.94. The first-order valence-electron chi connectivity index (χ1n) is 10.4. The number of guanidine groups is 1. The predicted octanol–water partition coefficient (Wildman–Crippen LogP) is 3.57. The molecule has 164 valence electrons. The van der Waals surface area contributed by atoms with Gasteiger partial charge >= 0.3 is 0 Å². The van der Waals surface area contributed by atoms with Crippen molar-refractivity contribution in [1.29, 1.82) is 0 Å². The first-order chi connectivity index (χ1) is 14.3. The van der Waals surface area contributed by atoms with Crippen LogP contribution in [0.1, 0.15) is 43.6 Å². The van der Waals surface area contributed by atoms with Gasteiger partial charge in [0.05, 0.1) is 6.54 Å². The lowest BCUT2D eigenvalue weighted by Crippen LogP contribution is -2.43. The molecule has 1 fully saturated rings. The van der Waals surface area contributed by atoms with E-state index in [9.17, 15) is 8.42 Å². The van der Waals surface area contributed by atoms with Gasteiger partial charge in [-0.25, -0.2) is 8.42 Å². The van der Waals surface area contributed by atoms with Crippen molar-refractivity contribution in [2.75, 3.05) is 26.7 Å². The van der Waals surface area contributed by atoms with Gasteiger partial charge in [-0.05, 0) is 30.5 Å². The molecule has 30 heavy (non-hydrogen) atoms. The molecule has 1 aromatic carbocycles. The lowest BCUT2D eigenvalue weighted by atomic mass is 9.85. The molecular weight excluding hydrogens is 416 g/mol. The zero-order valence-electron chi connectivity index (χ0n) is 18.0. The number of nitrogens with zero attached hydrogens (tertiary/aromatic N) is 2. The van der Waals surface area contributed by atoms with Crippen LogP contribution in [0.4, 0.5) is 0 Å². The fourth-order valence-corrected chi connectivity index (χ4v) is 6.48. The number of nitrogens with one attached hydrogen (secondary N) is 2. The van der Waals surface area contributed by atoms with Crippen LogP contribution in [0.15, 0.2) is 51.7 Å². The van der Waals surface area contributed by atoms with E-state index < -0.39 is 10.0 Å². The van der Waals surface area contributed by atoms with E-state index >= 15 is 0 Å². The van der Waals surface area contributed by atoms with Crippen LogP contribution in [0.25, 0.3) is 0 Å². The van der Waals surface area contributed by atoms with Crippen LogP contribution in [0, 0.1) is 0 Å². The number of thiophene rings is 1. The summed E-state index contributed by atoms with van der Waals surface area (Å²) < 4.78 is 27.7. The SMILES string of the molecule is CN=C(NCc1ccc(S(=O)(=O)N2CCCCC2)s1)NCC(C)(C)c1ccccc1. The van der Waals surface area contributed by atoms with Crippen LogP contribution in [0.2, 0.25) is 0 Å². The van der Waals surface area contributed by atoms with E-state index in [2.05, 4.69) is 53.7 Å². The van der Waals surface area contributed by atoms with Crippen LogP contribution in [0.3, 0.4) is 0 Å². The molecule has 0 amide bonds. The molecule has 1 saturated heterocycles. The molecule has 3 rings (SSSR count). The van der Waals surface area contributed by atoms with Gasteiger partial charge in [0, 0.05) is 37.0 Å². The molecule has 0 saturated carbocycles. The normalized spacial score (nSPS) is 16.4. The number of benzene rings is 1. The van der Waals surface area contributed by atoms with Gasteiger partial charge in [0.25, 0.3) is 10.0 Å². The first-order valence-corrected chi connectivity index (χ1v) is 12.7. The summed E-state index contributed by atoms with van der Waals surface area (Å²) in [6.45, 7) is 6.91. The maximum Gasteiger partial charge on any atom is 0.252 e. The molecule has 8 heteroatoms. The summed E-state index contributed by atoms with van der Waals surface area (Å²) in [4.78, 5) is 5.27. The highest BCUT2D eigenvalue weighted by atomic mass is 32.2. The average molecular weight is 449 g/mol.